The first-order chi connectivity index (χ1) is 6.88. The fraction of sp³-hybridized carbons (Fsp3) is 0.917. The summed E-state index contributed by atoms with van der Waals surface area (Å²) in [6.45, 7) is 3.08. The Morgan fingerprint density at radius 3 is 2.21 bits per heavy atom. The Bertz CT molecular complexity index is 150. The van der Waals surface area contributed by atoms with Crippen molar-refractivity contribution in [2.45, 2.75) is 64.3 Å². The zero-order valence-corrected chi connectivity index (χ0v) is 9.37. The molecule has 82 valence electrons. The van der Waals surface area contributed by atoms with Crippen molar-refractivity contribution in [2.24, 2.45) is 0 Å². The van der Waals surface area contributed by atoms with E-state index in [4.69, 9.17) is 0 Å². The predicted molar refractivity (Wildman–Crippen MR) is 59.2 cm³/mol. The molecule has 0 bridgehead atoms. The summed E-state index contributed by atoms with van der Waals surface area (Å²) >= 11 is 0. The van der Waals surface area contributed by atoms with Crippen LogP contribution < -0.4 is 0 Å². The van der Waals surface area contributed by atoms with Gasteiger partial charge < -0.3 is 4.90 Å². The minimum absolute atomic E-state index is 0.535. The Balaban J connectivity index is 2.39. The molecule has 2 heteroatoms. The van der Waals surface area contributed by atoms with Crippen molar-refractivity contribution in [3.63, 3.8) is 0 Å². The second-order valence-corrected chi connectivity index (χ2v) is 4.34. The van der Waals surface area contributed by atoms with Gasteiger partial charge in [0.25, 0.3) is 0 Å². The Hall–Kier alpha value is -0.530. The van der Waals surface area contributed by atoms with Gasteiger partial charge in [-0.25, -0.2) is 0 Å². The van der Waals surface area contributed by atoms with Crippen molar-refractivity contribution in [3.05, 3.63) is 0 Å². The van der Waals surface area contributed by atoms with Crippen LogP contribution in [0.4, 0.5) is 0 Å². The molecule has 1 fully saturated rings. The number of hydrogen-bond acceptors (Lipinski definition) is 1. The molecule has 0 unspecified atom stereocenters. The monoisotopic (exact) mass is 197 g/mol. The van der Waals surface area contributed by atoms with E-state index < -0.39 is 0 Å². The fourth-order valence-electron chi connectivity index (χ4n) is 2.35. The lowest BCUT2D eigenvalue weighted by atomic mass is 9.96. The van der Waals surface area contributed by atoms with Crippen molar-refractivity contribution in [2.75, 3.05) is 6.54 Å². The van der Waals surface area contributed by atoms with Gasteiger partial charge in [0, 0.05) is 12.6 Å². The van der Waals surface area contributed by atoms with Gasteiger partial charge in [-0.2, -0.15) is 0 Å². The Kier molecular flexibility index (Phi) is 5.65. The number of rotatable bonds is 4. The Morgan fingerprint density at radius 2 is 1.71 bits per heavy atom. The molecule has 0 saturated heterocycles. The molecular weight excluding hydrogens is 174 g/mol. The van der Waals surface area contributed by atoms with E-state index in [1.807, 2.05) is 4.90 Å². The minimum atomic E-state index is 0.535. The topological polar surface area (TPSA) is 20.3 Å². The molecule has 0 radical (unpaired) electrons. The highest BCUT2D eigenvalue weighted by atomic mass is 16.1. The highest BCUT2D eigenvalue weighted by Gasteiger charge is 2.16. The van der Waals surface area contributed by atoms with Crippen molar-refractivity contribution < 1.29 is 4.79 Å². The summed E-state index contributed by atoms with van der Waals surface area (Å²) < 4.78 is 0. The van der Waals surface area contributed by atoms with Crippen LogP contribution >= 0.6 is 0 Å². The lowest BCUT2D eigenvalue weighted by molar-refractivity contribution is -0.120. The first-order valence-corrected chi connectivity index (χ1v) is 6.09. The van der Waals surface area contributed by atoms with Crippen LogP contribution in [-0.2, 0) is 4.79 Å². The summed E-state index contributed by atoms with van der Waals surface area (Å²) in [5, 5.41) is 0. The summed E-state index contributed by atoms with van der Waals surface area (Å²) in [6, 6.07) is 0.535. The third-order valence-corrected chi connectivity index (χ3v) is 3.16. The number of carbonyl (C=O) groups excluding carboxylic acids is 1. The number of carbonyl (C=O) groups is 1. The summed E-state index contributed by atoms with van der Waals surface area (Å²) in [5.74, 6) is 0. The molecule has 0 aliphatic heterocycles. The molecular formula is C12H23NO. The maximum Gasteiger partial charge on any atom is 0.209 e. The van der Waals surface area contributed by atoms with Crippen molar-refractivity contribution in [1.29, 1.82) is 0 Å². The van der Waals surface area contributed by atoms with E-state index >= 15 is 0 Å². The fourth-order valence-corrected chi connectivity index (χ4v) is 2.35. The summed E-state index contributed by atoms with van der Waals surface area (Å²) in [4.78, 5) is 12.9. The lowest BCUT2D eigenvalue weighted by Gasteiger charge is -2.29. The molecule has 1 amide bonds. The number of nitrogens with zero attached hydrogens (tertiary/aromatic N) is 1. The van der Waals surface area contributed by atoms with Crippen LogP contribution in [-0.4, -0.2) is 23.9 Å². The van der Waals surface area contributed by atoms with Crippen LogP contribution in [0.15, 0.2) is 0 Å². The quantitative estimate of drug-likeness (QED) is 0.634. The summed E-state index contributed by atoms with van der Waals surface area (Å²) in [5.41, 5.74) is 0. The van der Waals surface area contributed by atoms with Gasteiger partial charge in [0.1, 0.15) is 0 Å². The number of hydrogen-bond donors (Lipinski definition) is 0. The molecule has 1 aliphatic carbocycles. The van der Waals surface area contributed by atoms with E-state index in [1.54, 1.807) is 0 Å². The SMILES string of the molecule is CCCN(C=O)C1CCCCCCC1. The molecule has 2 nitrogen and oxygen atoms in total. The molecule has 14 heavy (non-hydrogen) atoms. The van der Waals surface area contributed by atoms with Gasteiger partial charge >= 0.3 is 0 Å². The van der Waals surface area contributed by atoms with Crippen LogP contribution in [0.1, 0.15) is 58.3 Å². The summed E-state index contributed by atoms with van der Waals surface area (Å²) in [6.07, 6.45) is 11.3. The van der Waals surface area contributed by atoms with Crippen molar-refractivity contribution >= 4 is 6.41 Å². The van der Waals surface area contributed by atoms with Crippen LogP contribution in [0.25, 0.3) is 0 Å². The van der Waals surface area contributed by atoms with Crippen LogP contribution in [0, 0.1) is 0 Å². The molecule has 0 atom stereocenters. The molecule has 0 N–H and O–H groups in total. The smallest absolute Gasteiger partial charge is 0.209 e. The molecule has 0 aromatic rings. The van der Waals surface area contributed by atoms with E-state index in [0.717, 1.165) is 19.4 Å². The largest absolute Gasteiger partial charge is 0.342 e. The van der Waals surface area contributed by atoms with Gasteiger partial charge in [-0.15, -0.1) is 0 Å². The standard InChI is InChI=1S/C12H23NO/c1-2-10-13(11-14)12-8-6-4-3-5-7-9-12/h11-12H,2-10H2,1H3. The van der Waals surface area contributed by atoms with Crippen LogP contribution in [0.5, 0.6) is 0 Å². The first-order valence-electron chi connectivity index (χ1n) is 6.09. The highest BCUT2D eigenvalue weighted by Crippen LogP contribution is 2.20. The zero-order valence-electron chi connectivity index (χ0n) is 9.37. The summed E-state index contributed by atoms with van der Waals surface area (Å²) in [7, 11) is 0. The second kappa shape index (κ2) is 6.86. The van der Waals surface area contributed by atoms with Crippen molar-refractivity contribution in [3.8, 4) is 0 Å². The van der Waals surface area contributed by atoms with E-state index in [-0.39, 0.29) is 0 Å². The first kappa shape index (κ1) is 11.5. The normalized spacial score (nSPS) is 19.8. The molecule has 0 spiro atoms. The van der Waals surface area contributed by atoms with E-state index in [9.17, 15) is 4.79 Å². The maximum atomic E-state index is 10.9. The van der Waals surface area contributed by atoms with Gasteiger partial charge in [0.05, 0.1) is 0 Å². The predicted octanol–water partition coefficient (Wildman–Crippen LogP) is 2.97. The lowest BCUT2D eigenvalue weighted by Crippen LogP contribution is -2.35. The van der Waals surface area contributed by atoms with Gasteiger partial charge in [-0.3, -0.25) is 4.79 Å². The van der Waals surface area contributed by atoms with Crippen LogP contribution in [0.2, 0.25) is 0 Å². The minimum Gasteiger partial charge on any atom is -0.342 e. The molecule has 1 rings (SSSR count). The van der Waals surface area contributed by atoms with E-state index in [0.29, 0.717) is 6.04 Å². The van der Waals surface area contributed by atoms with E-state index in [1.165, 1.54) is 44.9 Å². The Morgan fingerprint density at radius 1 is 1.14 bits per heavy atom. The second-order valence-electron chi connectivity index (χ2n) is 4.34. The molecule has 1 aliphatic rings. The average Bonchev–Trinajstić information content (AvgIpc) is 2.15. The van der Waals surface area contributed by atoms with E-state index in [2.05, 4.69) is 6.92 Å². The van der Waals surface area contributed by atoms with Gasteiger partial charge in [-0.1, -0.05) is 39.0 Å². The molecule has 1 saturated carbocycles. The average molecular weight is 197 g/mol. The van der Waals surface area contributed by atoms with Crippen LogP contribution in [0.3, 0.4) is 0 Å². The zero-order chi connectivity index (χ0) is 10.2. The molecule has 0 aromatic carbocycles. The van der Waals surface area contributed by atoms with Gasteiger partial charge in [0.2, 0.25) is 6.41 Å². The molecule has 0 heterocycles. The third kappa shape index (κ3) is 3.69. The highest BCUT2D eigenvalue weighted by molar-refractivity contribution is 5.47. The molecule has 0 aromatic heterocycles. The van der Waals surface area contributed by atoms with Gasteiger partial charge in [0.15, 0.2) is 0 Å². The maximum absolute atomic E-state index is 10.9. The van der Waals surface area contributed by atoms with Gasteiger partial charge in [-0.05, 0) is 19.3 Å². The number of amides is 1. The third-order valence-electron chi connectivity index (χ3n) is 3.16. The van der Waals surface area contributed by atoms with Crippen molar-refractivity contribution in [1.82, 2.24) is 4.90 Å². The Labute approximate surface area is 87.7 Å².